The van der Waals surface area contributed by atoms with E-state index in [4.69, 9.17) is 10.3 Å². The second-order valence-electron chi connectivity index (χ2n) is 3.11. The number of H-pyrrole nitrogens is 1. The highest BCUT2D eigenvalue weighted by Gasteiger charge is 2.15. The van der Waals surface area contributed by atoms with E-state index < -0.39 is 0 Å². The SMILES string of the molecule is CCCc1c(N)noc1-c1cn[nH]c1. The van der Waals surface area contributed by atoms with E-state index in [0.717, 1.165) is 29.7 Å². The summed E-state index contributed by atoms with van der Waals surface area (Å²) >= 11 is 0. The molecule has 14 heavy (non-hydrogen) atoms. The maximum atomic E-state index is 5.70. The van der Waals surface area contributed by atoms with Crippen LogP contribution in [0.25, 0.3) is 11.3 Å². The molecule has 3 N–H and O–H groups in total. The molecular formula is C9H12N4O. The van der Waals surface area contributed by atoms with Crippen molar-refractivity contribution in [1.82, 2.24) is 15.4 Å². The molecule has 0 saturated carbocycles. The molecule has 0 saturated heterocycles. The lowest BCUT2D eigenvalue weighted by Crippen LogP contribution is -1.92. The molecule has 0 aromatic carbocycles. The number of nitrogens with one attached hydrogen (secondary N) is 1. The van der Waals surface area contributed by atoms with E-state index in [9.17, 15) is 0 Å². The van der Waals surface area contributed by atoms with Crippen LogP contribution in [0.2, 0.25) is 0 Å². The topological polar surface area (TPSA) is 80.7 Å². The average Bonchev–Trinajstić information content (AvgIpc) is 2.77. The molecule has 2 heterocycles. The first-order valence-corrected chi connectivity index (χ1v) is 4.56. The maximum Gasteiger partial charge on any atom is 0.175 e. The molecule has 5 heteroatoms. The number of nitrogen functional groups attached to an aromatic ring is 1. The first-order chi connectivity index (χ1) is 6.83. The third-order valence-electron chi connectivity index (χ3n) is 2.08. The predicted octanol–water partition coefficient (Wildman–Crippen LogP) is 1.60. The molecule has 0 spiro atoms. The lowest BCUT2D eigenvalue weighted by Gasteiger charge is -1.96. The Hall–Kier alpha value is -1.78. The molecular weight excluding hydrogens is 180 g/mol. The van der Waals surface area contributed by atoms with Gasteiger partial charge in [0, 0.05) is 11.8 Å². The molecule has 2 aromatic rings. The van der Waals surface area contributed by atoms with Gasteiger partial charge < -0.3 is 10.3 Å². The Labute approximate surface area is 81.3 Å². The molecule has 0 atom stereocenters. The summed E-state index contributed by atoms with van der Waals surface area (Å²) in [5.41, 5.74) is 7.55. The Morgan fingerprint density at radius 1 is 1.57 bits per heavy atom. The summed E-state index contributed by atoms with van der Waals surface area (Å²) in [4.78, 5) is 0. The van der Waals surface area contributed by atoms with Crippen molar-refractivity contribution in [1.29, 1.82) is 0 Å². The molecule has 5 nitrogen and oxygen atoms in total. The number of hydrogen-bond donors (Lipinski definition) is 2. The minimum absolute atomic E-state index is 0.475. The smallest absolute Gasteiger partial charge is 0.175 e. The Balaban J connectivity index is 2.43. The van der Waals surface area contributed by atoms with E-state index in [2.05, 4.69) is 22.3 Å². The fraction of sp³-hybridized carbons (Fsp3) is 0.333. The molecule has 2 rings (SSSR count). The third-order valence-corrected chi connectivity index (χ3v) is 2.08. The molecule has 0 amide bonds. The van der Waals surface area contributed by atoms with Gasteiger partial charge in [0.15, 0.2) is 11.6 Å². The van der Waals surface area contributed by atoms with E-state index in [-0.39, 0.29) is 0 Å². The van der Waals surface area contributed by atoms with E-state index in [1.807, 2.05) is 0 Å². The van der Waals surface area contributed by atoms with Crippen LogP contribution < -0.4 is 5.73 Å². The summed E-state index contributed by atoms with van der Waals surface area (Å²) < 4.78 is 5.16. The summed E-state index contributed by atoms with van der Waals surface area (Å²) in [6, 6.07) is 0. The van der Waals surface area contributed by atoms with Gasteiger partial charge in [0.05, 0.1) is 11.8 Å². The Morgan fingerprint density at radius 2 is 2.43 bits per heavy atom. The summed E-state index contributed by atoms with van der Waals surface area (Å²) in [5.74, 6) is 1.20. The van der Waals surface area contributed by atoms with Crippen molar-refractivity contribution in [3.05, 3.63) is 18.0 Å². The lowest BCUT2D eigenvalue weighted by atomic mass is 10.1. The molecule has 0 fully saturated rings. The van der Waals surface area contributed by atoms with Gasteiger partial charge in [0.2, 0.25) is 0 Å². The van der Waals surface area contributed by atoms with Crippen LogP contribution in [-0.4, -0.2) is 15.4 Å². The molecule has 0 aliphatic heterocycles. The van der Waals surface area contributed by atoms with Crippen LogP contribution in [0, 0.1) is 0 Å². The summed E-state index contributed by atoms with van der Waals surface area (Å²) in [6.45, 7) is 2.09. The highest BCUT2D eigenvalue weighted by atomic mass is 16.5. The number of rotatable bonds is 3. The molecule has 2 aromatic heterocycles. The Morgan fingerprint density at radius 3 is 3.07 bits per heavy atom. The Kier molecular flexibility index (Phi) is 2.22. The highest BCUT2D eigenvalue weighted by Crippen LogP contribution is 2.27. The zero-order chi connectivity index (χ0) is 9.97. The van der Waals surface area contributed by atoms with Crippen molar-refractivity contribution in [2.24, 2.45) is 0 Å². The van der Waals surface area contributed by atoms with Gasteiger partial charge >= 0.3 is 0 Å². The normalized spacial score (nSPS) is 10.6. The fourth-order valence-corrected chi connectivity index (χ4v) is 1.41. The molecule has 0 aliphatic rings. The number of aromatic amines is 1. The fourth-order valence-electron chi connectivity index (χ4n) is 1.41. The first-order valence-electron chi connectivity index (χ1n) is 4.56. The van der Waals surface area contributed by atoms with Crippen LogP contribution in [-0.2, 0) is 6.42 Å². The summed E-state index contributed by atoms with van der Waals surface area (Å²) in [5, 5.41) is 10.3. The van der Waals surface area contributed by atoms with Gasteiger partial charge in [0.1, 0.15) is 0 Å². The standard InChI is InChI=1S/C9H12N4O/c1-2-3-7-8(14-13-9(7)10)6-4-11-12-5-6/h4-5H,2-3H2,1H3,(H2,10,13)(H,11,12). The van der Waals surface area contributed by atoms with E-state index in [1.54, 1.807) is 12.4 Å². The summed E-state index contributed by atoms with van der Waals surface area (Å²) in [6.07, 6.45) is 5.34. The quantitative estimate of drug-likeness (QED) is 0.773. The van der Waals surface area contributed by atoms with Gasteiger partial charge in [-0.25, -0.2) is 0 Å². The third kappa shape index (κ3) is 1.37. The van der Waals surface area contributed by atoms with Crippen LogP contribution in [0.3, 0.4) is 0 Å². The first kappa shape index (κ1) is 8.80. The van der Waals surface area contributed by atoms with Gasteiger partial charge in [-0.2, -0.15) is 5.10 Å². The van der Waals surface area contributed by atoms with Crippen LogP contribution in [0.1, 0.15) is 18.9 Å². The van der Waals surface area contributed by atoms with Gasteiger partial charge in [0.25, 0.3) is 0 Å². The monoisotopic (exact) mass is 192 g/mol. The number of nitrogens with two attached hydrogens (primary N) is 1. The van der Waals surface area contributed by atoms with Crippen molar-refractivity contribution in [2.45, 2.75) is 19.8 Å². The number of aromatic nitrogens is 3. The van der Waals surface area contributed by atoms with Gasteiger partial charge in [-0.15, -0.1) is 0 Å². The molecule has 74 valence electrons. The van der Waals surface area contributed by atoms with Gasteiger partial charge in [-0.1, -0.05) is 18.5 Å². The van der Waals surface area contributed by atoms with E-state index in [1.165, 1.54) is 0 Å². The zero-order valence-electron chi connectivity index (χ0n) is 7.95. The zero-order valence-corrected chi connectivity index (χ0v) is 7.95. The second-order valence-corrected chi connectivity index (χ2v) is 3.11. The van der Waals surface area contributed by atoms with Crippen molar-refractivity contribution >= 4 is 5.82 Å². The van der Waals surface area contributed by atoms with Crippen LogP contribution in [0.4, 0.5) is 5.82 Å². The summed E-state index contributed by atoms with van der Waals surface area (Å²) in [7, 11) is 0. The van der Waals surface area contributed by atoms with E-state index in [0.29, 0.717) is 5.82 Å². The van der Waals surface area contributed by atoms with Gasteiger partial charge in [-0.05, 0) is 6.42 Å². The van der Waals surface area contributed by atoms with Gasteiger partial charge in [-0.3, -0.25) is 5.10 Å². The second kappa shape index (κ2) is 3.53. The minimum Gasteiger partial charge on any atom is -0.381 e. The van der Waals surface area contributed by atoms with Crippen molar-refractivity contribution in [3.8, 4) is 11.3 Å². The number of hydrogen-bond acceptors (Lipinski definition) is 4. The Bertz CT molecular complexity index is 404. The van der Waals surface area contributed by atoms with Crippen LogP contribution >= 0.6 is 0 Å². The van der Waals surface area contributed by atoms with Crippen LogP contribution in [0.15, 0.2) is 16.9 Å². The number of nitrogens with zero attached hydrogens (tertiary/aromatic N) is 2. The predicted molar refractivity (Wildman–Crippen MR) is 52.5 cm³/mol. The molecule has 0 radical (unpaired) electrons. The van der Waals surface area contributed by atoms with E-state index >= 15 is 0 Å². The minimum atomic E-state index is 0.475. The molecule has 0 aliphatic carbocycles. The largest absolute Gasteiger partial charge is 0.381 e. The van der Waals surface area contributed by atoms with Crippen molar-refractivity contribution in [3.63, 3.8) is 0 Å². The highest BCUT2D eigenvalue weighted by molar-refractivity contribution is 5.64. The van der Waals surface area contributed by atoms with Crippen molar-refractivity contribution in [2.75, 3.05) is 5.73 Å². The lowest BCUT2D eigenvalue weighted by molar-refractivity contribution is 0.435. The van der Waals surface area contributed by atoms with Crippen LogP contribution in [0.5, 0.6) is 0 Å². The maximum absolute atomic E-state index is 5.70. The molecule has 0 unspecified atom stereocenters. The number of anilines is 1. The molecule has 0 bridgehead atoms. The average molecular weight is 192 g/mol. The van der Waals surface area contributed by atoms with Crippen molar-refractivity contribution < 1.29 is 4.52 Å².